The van der Waals surface area contributed by atoms with Gasteiger partial charge in [-0.25, -0.2) is 8.42 Å². The molecule has 0 aliphatic rings. The summed E-state index contributed by atoms with van der Waals surface area (Å²) < 4.78 is 29.6. The Labute approximate surface area is 234 Å². The fourth-order valence-corrected chi connectivity index (χ4v) is 5.68. The number of carbonyl (C=O) groups excluding carboxylic acids is 2. The average molecular weight is 601 g/mol. The molecular formula is C29H34BrN3O4S. The van der Waals surface area contributed by atoms with Gasteiger partial charge in [-0.2, -0.15) is 0 Å². The van der Waals surface area contributed by atoms with Crippen LogP contribution < -0.4 is 9.62 Å². The lowest BCUT2D eigenvalue weighted by atomic mass is 10.1. The highest BCUT2D eigenvalue weighted by Gasteiger charge is 2.33. The second-order valence-corrected chi connectivity index (χ2v) is 12.0. The van der Waals surface area contributed by atoms with Crippen LogP contribution in [0.2, 0.25) is 0 Å². The van der Waals surface area contributed by atoms with Gasteiger partial charge in [0, 0.05) is 17.1 Å². The second kappa shape index (κ2) is 13.1. The lowest BCUT2D eigenvalue weighted by Crippen LogP contribution is -2.52. The summed E-state index contributed by atoms with van der Waals surface area (Å²) >= 11 is 3.42. The first-order chi connectivity index (χ1) is 18.0. The lowest BCUT2D eigenvalue weighted by Gasteiger charge is -2.33. The Hall–Kier alpha value is -3.17. The molecule has 3 rings (SSSR count). The molecule has 0 radical (unpaired) electrons. The maximum atomic E-state index is 13.9. The van der Waals surface area contributed by atoms with E-state index in [1.165, 1.54) is 17.0 Å². The quantitative estimate of drug-likeness (QED) is 0.324. The van der Waals surface area contributed by atoms with Crippen LogP contribution in [0.4, 0.5) is 5.69 Å². The average Bonchev–Trinajstić information content (AvgIpc) is 2.91. The zero-order valence-electron chi connectivity index (χ0n) is 22.1. The SMILES string of the molecule is CC[C@H](C)NC(=O)[C@@H](C)N(Cc1ccc(Br)cc1)C(=O)CN(c1ccccc1C)S(=O)(=O)c1ccccc1. The monoisotopic (exact) mass is 599 g/mol. The third-order valence-corrected chi connectivity index (χ3v) is 8.73. The van der Waals surface area contributed by atoms with Gasteiger partial charge in [-0.05, 0) is 68.7 Å². The third-order valence-electron chi connectivity index (χ3n) is 6.43. The van der Waals surface area contributed by atoms with Crippen LogP contribution in [0.5, 0.6) is 0 Å². The summed E-state index contributed by atoms with van der Waals surface area (Å²) in [4.78, 5) is 28.5. The molecule has 0 heterocycles. The first kappa shape index (κ1) is 29.4. The number of nitrogens with zero attached hydrogens (tertiary/aromatic N) is 2. The van der Waals surface area contributed by atoms with E-state index < -0.39 is 28.5 Å². The van der Waals surface area contributed by atoms with Gasteiger partial charge in [-0.1, -0.05) is 71.4 Å². The second-order valence-electron chi connectivity index (χ2n) is 9.25. The normalized spacial score (nSPS) is 12.9. The minimum absolute atomic E-state index is 0.0588. The number of anilines is 1. The molecule has 0 unspecified atom stereocenters. The van der Waals surface area contributed by atoms with E-state index in [0.717, 1.165) is 20.8 Å². The molecule has 7 nitrogen and oxygen atoms in total. The zero-order valence-corrected chi connectivity index (χ0v) is 24.5. The highest BCUT2D eigenvalue weighted by atomic mass is 79.9. The van der Waals surface area contributed by atoms with Crippen LogP contribution in [0.3, 0.4) is 0 Å². The van der Waals surface area contributed by atoms with Crippen LogP contribution in [-0.4, -0.2) is 43.8 Å². The van der Waals surface area contributed by atoms with E-state index in [9.17, 15) is 18.0 Å². The summed E-state index contributed by atoms with van der Waals surface area (Å²) in [6.07, 6.45) is 0.746. The van der Waals surface area contributed by atoms with Crippen LogP contribution in [0.15, 0.2) is 88.2 Å². The van der Waals surface area contributed by atoms with Crippen molar-refractivity contribution in [3.8, 4) is 0 Å². The van der Waals surface area contributed by atoms with E-state index in [1.54, 1.807) is 50.2 Å². The van der Waals surface area contributed by atoms with Crippen molar-refractivity contribution in [1.29, 1.82) is 0 Å². The summed E-state index contributed by atoms with van der Waals surface area (Å²) in [7, 11) is -4.07. The molecule has 202 valence electrons. The predicted octanol–water partition coefficient (Wildman–Crippen LogP) is 5.28. The summed E-state index contributed by atoms with van der Waals surface area (Å²) in [5, 5.41) is 2.94. The van der Waals surface area contributed by atoms with Crippen molar-refractivity contribution < 1.29 is 18.0 Å². The molecule has 0 bridgehead atoms. The Morgan fingerprint density at radius 3 is 2.13 bits per heavy atom. The Morgan fingerprint density at radius 1 is 0.921 bits per heavy atom. The minimum Gasteiger partial charge on any atom is -0.352 e. The largest absolute Gasteiger partial charge is 0.352 e. The number of sulfonamides is 1. The maximum Gasteiger partial charge on any atom is 0.264 e. The number of hydrogen-bond donors (Lipinski definition) is 1. The van der Waals surface area contributed by atoms with E-state index in [2.05, 4.69) is 21.2 Å². The topological polar surface area (TPSA) is 86.8 Å². The lowest BCUT2D eigenvalue weighted by molar-refractivity contribution is -0.139. The number of hydrogen-bond acceptors (Lipinski definition) is 4. The van der Waals surface area contributed by atoms with Gasteiger partial charge in [0.05, 0.1) is 10.6 Å². The van der Waals surface area contributed by atoms with Gasteiger partial charge in [0.2, 0.25) is 11.8 Å². The molecule has 0 saturated carbocycles. The number of amides is 2. The molecule has 0 aliphatic heterocycles. The number of carbonyl (C=O) groups is 2. The molecule has 9 heteroatoms. The van der Waals surface area contributed by atoms with E-state index in [4.69, 9.17) is 0 Å². The van der Waals surface area contributed by atoms with Crippen molar-refractivity contribution in [3.05, 3.63) is 94.5 Å². The summed E-state index contributed by atoms with van der Waals surface area (Å²) in [6.45, 7) is 7.02. The molecule has 0 spiro atoms. The molecule has 0 fully saturated rings. The summed E-state index contributed by atoms with van der Waals surface area (Å²) in [6, 6.07) is 21.6. The van der Waals surface area contributed by atoms with Gasteiger partial charge in [-0.15, -0.1) is 0 Å². The molecule has 3 aromatic rings. The van der Waals surface area contributed by atoms with E-state index in [1.807, 2.05) is 44.2 Å². The zero-order chi connectivity index (χ0) is 27.9. The number of benzene rings is 3. The maximum absolute atomic E-state index is 13.9. The van der Waals surface area contributed by atoms with Gasteiger partial charge < -0.3 is 10.2 Å². The Balaban J connectivity index is 2.02. The van der Waals surface area contributed by atoms with Crippen molar-refractivity contribution in [3.63, 3.8) is 0 Å². The molecule has 2 atom stereocenters. The van der Waals surface area contributed by atoms with E-state index >= 15 is 0 Å². The van der Waals surface area contributed by atoms with E-state index in [-0.39, 0.29) is 23.4 Å². The highest BCUT2D eigenvalue weighted by Crippen LogP contribution is 2.27. The van der Waals surface area contributed by atoms with Crippen molar-refractivity contribution >= 4 is 43.5 Å². The fourth-order valence-electron chi connectivity index (χ4n) is 3.91. The Kier molecular flexibility index (Phi) is 10.1. The minimum atomic E-state index is -4.07. The first-order valence-electron chi connectivity index (χ1n) is 12.5. The van der Waals surface area contributed by atoms with Crippen molar-refractivity contribution in [2.45, 2.75) is 57.6 Å². The van der Waals surface area contributed by atoms with Gasteiger partial charge in [0.15, 0.2) is 0 Å². The van der Waals surface area contributed by atoms with Gasteiger partial charge >= 0.3 is 0 Å². The number of halogens is 1. The van der Waals surface area contributed by atoms with Crippen LogP contribution in [-0.2, 0) is 26.2 Å². The Morgan fingerprint density at radius 2 is 1.53 bits per heavy atom. The highest BCUT2D eigenvalue weighted by molar-refractivity contribution is 9.10. The van der Waals surface area contributed by atoms with Crippen molar-refractivity contribution in [2.24, 2.45) is 0 Å². The summed E-state index contributed by atoms with van der Waals surface area (Å²) in [5.41, 5.74) is 1.94. The van der Waals surface area contributed by atoms with Gasteiger partial charge in [0.25, 0.3) is 10.0 Å². The predicted molar refractivity (Wildman–Crippen MR) is 154 cm³/mol. The molecule has 38 heavy (non-hydrogen) atoms. The smallest absolute Gasteiger partial charge is 0.264 e. The first-order valence-corrected chi connectivity index (χ1v) is 14.8. The molecule has 2 amide bonds. The van der Waals surface area contributed by atoms with E-state index in [0.29, 0.717) is 11.3 Å². The van der Waals surface area contributed by atoms with Gasteiger partial charge in [-0.3, -0.25) is 13.9 Å². The molecule has 1 N–H and O–H groups in total. The standard InChI is InChI=1S/C29H34BrN3O4S/c1-5-22(3)31-29(35)23(4)32(19-24-15-17-25(30)18-16-24)28(34)20-33(27-14-10-9-11-21(27)2)38(36,37)26-12-7-6-8-13-26/h6-18,22-23H,5,19-20H2,1-4H3,(H,31,35)/t22-,23+/m0/s1. The molecule has 3 aromatic carbocycles. The van der Waals surface area contributed by atoms with Crippen molar-refractivity contribution in [2.75, 3.05) is 10.8 Å². The summed E-state index contributed by atoms with van der Waals surface area (Å²) in [5.74, 6) is -0.777. The number of rotatable bonds is 11. The van der Waals surface area contributed by atoms with Crippen LogP contribution >= 0.6 is 15.9 Å². The third kappa shape index (κ3) is 7.23. The molecule has 0 aliphatic carbocycles. The van der Waals surface area contributed by atoms with Crippen LogP contribution in [0, 0.1) is 6.92 Å². The number of aryl methyl sites for hydroxylation is 1. The number of nitrogens with one attached hydrogen (secondary N) is 1. The van der Waals surface area contributed by atoms with Gasteiger partial charge in [0.1, 0.15) is 12.6 Å². The van der Waals surface area contributed by atoms with Crippen LogP contribution in [0.25, 0.3) is 0 Å². The molecular weight excluding hydrogens is 566 g/mol. The fraction of sp³-hybridized carbons (Fsp3) is 0.310. The Bertz CT molecular complexity index is 1350. The van der Waals surface area contributed by atoms with Crippen LogP contribution in [0.1, 0.15) is 38.3 Å². The molecule has 0 saturated heterocycles. The van der Waals surface area contributed by atoms with Crippen molar-refractivity contribution in [1.82, 2.24) is 10.2 Å². The molecule has 0 aromatic heterocycles. The number of para-hydroxylation sites is 1.